The van der Waals surface area contributed by atoms with Gasteiger partial charge in [0.25, 0.3) is 5.56 Å². The Morgan fingerprint density at radius 3 is 1.93 bits per heavy atom. The van der Waals surface area contributed by atoms with Gasteiger partial charge in [-0.1, -0.05) is 13.8 Å². The number of nitrogens with two attached hydrogens (primary N) is 1. The Bertz CT molecular complexity index is 894. The van der Waals surface area contributed by atoms with Crippen LogP contribution in [0.5, 0.6) is 0 Å². The first-order chi connectivity index (χ1) is 13.8. The van der Waals surface area contributed by atoms with Crippen LogP contribution in [-0.4, -0.2) is 20.6 Å². The van der Waals surface area contributed by atoms with Gasteiger partial charge in [0.1, 0.15) is 5.82 Å². The van der Waals surface area contributed by atoms with E-state index in [9.17, 15) is 14.4 Å². The molecule has 7 heteroatoms. The van der Waals surface area contributed by atoms with Crippen LogP contribution < -0.4 is 21.9 Å². The fraction of sp³-hybridized carbons (Fsp3) is 0.773. The van der Waals surface area contributed by atoms with Crippen LogP contribution in [0.4, 0.5) is 11.5 Å². The number of hydrogen-bond donors (Lipinski definition) is 1. The van der Waals surface area contributed by atoms with Gasteiger partial charge in [0.05, 0.1) is 0 Å². The topological polar surface area (TPSA) is 90.3 Å². The van der Waals surface area contributed by atoms with Crippen LogP contribution in [-0.2, 0) is 17.9 Å². The number of carbonyl (C=O) groups excluding carboxylic acids is 1. The van der Waals surface area contributed by atoms with Crippen molar-refractivity contribution in [3.05, 3.63) is 20.8 Å². The molecule has 1 heterocycles. The van der Waals surface area contributed by atoms with Gasteiger partial charge in [0.2, 0.25) is 5.91 Å². The number of nitrogen functional groups attached to an aromatic ring is 1. The first-order valence-corrected chi connectivity index (χ1v) is 11.2. The van der Waals surface area contributed by atoms with Gasteiger partial charge in [0, 0.05) is 25.6 Å². The lowest BCUT2D eigenvalue weighted by Crippen LogP contribution is -2.63. The van der Waals surface area contributed by atoms with Gasteiger partial charge in [-0.25, -0.2) is 4.79 Å². The van der Waals surface area contributed by atoms with Crippen LogP contribution in [0.2, 0.25) is 0 Å². The van der Waals surface area contributed by atoms with E-state index < -0.39 is 5.56 Å². The highest BCUT2D eigenvalue weighted by atomic mass is 16.2. The first kappa shape index (κ1) is 20.2. The largest absolute Gasteiger partial charge is 0.383 e. The molecule has 7 nitrogen and oxygen atoms in total. The molecule has 4 fully saturated rings. The summed E-state index contributed by atoms with van der Waals surface area (Å²) in [6.07, 6.45) is 7.96. The lowest BCUT2D eigenvalue weighted by molar-refractivity contribution is -0.120. The molecule has 29 heavy (non-hydrogen) atoms. The normalized spacial score (nSPS) is 30.0. The summed E-state index contributed by atoms with van der Waals surface area (Å²) in [6.45, 7) is 6.23. The van der Waals surface area contributed by atoms with Crippen LogP contribution in [0.25, 0.3) is 0 Å². The van der Waals surface area contributed by atoms with Crippen LogP contribution in [0.3, 0.4) is 0 Å². The summed E-state index contributed by atoms with van der Waals surface area (Å²) in [5.74, 6) is 1.90. The second kappa shape index (κ2) is 7.33. The molecule has 0 saturated heterocycles. The third kappa shape index (κ3) is 3.13. The molecule has 5 rings (SSSR count). The second-order valence-corrected chi connectivity index (χ2v) is 9.62. The molecule has 0 spiro atoms. The molecular formula is C22H34N4O3. The van der Waals surface area contributed by atoms with E-state index in [1.54, 1.807) is 4.90 Å². The van der Waals surface area contributed by atoms with E-state index in [4.69, 9.17) is 5.73 Å². The van der Waals surface area contributed by atoms with Crippen molar-refractivity contribution in [2.45, 2.75) is 90.8 Å². The number of rotatable bonds is 6. The van der Waals surface area contributed by atoms with E-state index in [1.807, 2.05) is 13.8 Å². The van der Waals surface area contributed by atoms with Gasteiger partial charge in [-0.3, -0.25) is 23.6 Å². The van der Waals surface area contributed by atoms with E-state index in [-0.39, 0.29) is 28.6 Å². The number of nitrogens with zero attached hydrogens (tertiary/aromatic N) is 3. The molecule has 160 valence electrons. The maximum absolute atomic E-state index is 13.5. The standard InChI is InChI=1S/C22H34N4O3/c1-4-6-24-19(23)18(20(28)25(7-5-2)21(24)29)26(14(3)27)22-11-15-8-16(12-22)10-17(9-15)13-22/h15-17H,4-13,23H2,1-3H3. The average molecular weight is 403 g/mol. The Morgan fingerprint density at radius 2 is 1.48 bits per heavy atom. The predicted octanol–water partition coefficient (Wildman–Crippen LogP) is 2.73. The fourth-order valence-electron chi connectivity index (χ4n) is 6.84. The van der Waals surface area contributed by atoms with Crippen molar-refractivity contribution < 1.29 is 4.79 Å². The highest BCUT2D eigenvalue weighted by molar-refractivity contribution is 5.95. The van der Waals surface area contributed by atoms with Crippen molar-refractivity contribution in [2.75, 3.05) is 10.6 Å². The zero-order valence-electron chi connectivity index (χ0n) is 17.9. The number of amides is 1. The zero-order chi connectivity index (χ0) is 20.9. The van der Waals surface area contributed by atoms with Crippen molar-refractivity contribution in [1.82, 2.24) is 9.13 Å². The molecule has 0 aliphatic heterocycles. The molecular weight excluding hydrogens is 368 g/mol. The van der Waals surface area contributed by atoms with Crippen molar-refractivity contribution in [3.63, 3.8) is 0 Å². The van der Waals surface area contributed by atoms with E-state index in [0.717, 1.165) is 25.7 Å². The maximum Gasteiger partial charge on any atom is 0.332 e. The summed E-state index contributed by atoms with van der Waals surface area (Å²) >= 11 is 0. The van der Waals surface area contributed by atoms with Crippen LogP contribution in [0, 0.1) is 17.8 Å². The summed E-state index contributed by atoms with van der Waals surface area (Å²) in [5, 5.41) is 0. The van der Waals surface area contributed by atoms with Gasteiger partial charge < -0.3 is 5.73 Å². The SMILES string of the molecule is CCCn1c(N)c(N(C(C)=O)C23CC4CC(CC(C4)C2)C3)c(=O)n(CCC)c1=O. The molecule has 0 atom stereocenters. The molecule has 1 aromatic heterocycles. The Morgan fingerprint density at radius 1 is 1.00 bits per heavy atom. The van der Waals surface area contributed by atoms with E-state index in [1.165, 1.54) is 35.3 Å². The highest BCUT2D eigenvalue weighted by Crippen LogP contribution is 2.58. The number of hydrogen-bond acceptors (Lipinski definition) is 4. The Labute approximate surface area is 171 Å². The van der Waals surface area contributed by atoms with Crippen LogP contribution in [0.1, 0.15) is 72.1 Å². The monoisotopic (exact) mass is 402 g/mol. The molecule has 4 bridgehead atoms. The van der Waals surface area contributed by atoms with Gasteiger partial charge in [-0.2, -0.15) is 0 Å². The smallest absolute Gasteiger partial charge is 0.332 e. The quantitative estimate of drug-likeness (QED) is 0.792. The number of carbonyl (C=O) groups is 1. The van der Waals surface area contributed by atoms with Gasteiger partial charge >= 0.3 is 5.69 Å². The third-order valence-corrected chi connectivity index (χ3v) is 7.36. The summed E-state index contributed by atoms with van der Waals surface area (Å²) in [4.78, 5) is 41.1. The van der Waals surface area contributed by atoms with E-state index in [0.29, 0.717) is 37.3 Å². The van der Waals surface area contributed by atoms with Gasteiger partial charge in [0.15, 0.2) is 5.69 Å². The summed E-state index contributed by atoms with van der Waals surface area (Å²) < 4.78 is 2.76. The molecule has 4 aliphatic rings. The Hall–Kier alpha value is -2.05. The molecule has 2 N–H and O–H groups in total. The third-order valence-electron chi connectivity index (χ3n) is 7.36. The minimum absolute atomic E-state index is 0.138. The molecule has 0 aromatic carbocycles. The lowest BCUT2D eigenvalue weighted by Gasteiger charge is -2.60. The molecule has 4 saturated carbocycles. The predicted molar refractivity (Wildman–Crippen MR) is 114 cm³/mol. The average Bonchev–Trinajstić information content (AvgIpc) is 2.64. The minimum atomic E-state index is -0.410. The molecule has 4 aliphatic carbocycles. The summed E-state index contributed by atoms with van der Waals surface area (Å²) in [6, 6.07) is 0. The fourth-order valence-corrected chi connectivity index (χ4v) is 6.84. The molecule has 0 radical (unpaired) electrons. The maximum atomic E-state index is 13.5. The van der Waals surface area contributed by atoms with E-state index >= 15 is 0 Å². The van der Waals surface area contributed by atoms with Crippen LogP contribution >= 0.6 is 0 Å². The van der Waals surface area contributed by atoms with Gasteiger partial charge in [-0.05, 0) is 69.1 Å². The summed E-state index contributed by atoms with van der Waals surface area (Å²) in [5.41, 5.74) is 5.58. The second-order valence-electron chi connectivity index (χ2n) is 9.62. The Kier molecular flexibility index (Phi) is 5.11. The minimum Gasteiger partial charge on any atom is -0.383 e. The number of aromatic nitrogens is 2. The molecule has 1 amide bonds. The van der Waals surface area contributed by atoms with Crippen molar-refractivity contribution in [2.24, 2.45) is 17.8 Å². The lowest BCUT2D eigenvalue weighted by atomic mass is 9.52. The zero-order valence-corrected chi connectivity index (χ0v) is 17.9. The van der Waals surface area contributed by atoms with Crippen molar-refractivity contribution in [1.29, 1.82) is 0 Å². The Balaban J connectivity index is 1.92. The van der Waals surface area contributed by atoms with Crippen molar-refractivity contribution in [3.8, 4) is 0 Å². The van der Waals surface area contributed by atoms with E-state index in [2.05, 4.69) is 0 Å². The van der Waals surface area contributed by atoms with Gasteiger partial charge in [-0.15, -0.1) is 0 Å². The number of anilines is 2. The highest BCUT2D eigenvalue weighted by Gasteiger charge is 2.55. The first-order valence-electron chi connectivity index (χ1n) is 11.2. The van der Waals surface area contributed by atoms with Crippen LogP contribution in [0.15, 0.2) is 9.59 Å². The molecule has 0 unspecified atom stereocenters. The molecule has 1 aromatic rings. The summed E-state index contributed by atoms with van der Waals surface area (Å²) in [7, 11) is 0. The van der Waals surface area contributed by atoms with Crippen molar-refractivity contribution >= 4 is 17.4 Å².